The summed E-state index contributed by atoms with van der Waals surface area (Å²) in [6.45, 7) is 12.4. The molecule has 0 N–H and O–H groups in total. The van der Waals surface area contributed by atoms with Gasteiger partial charge in [0.05, 0.1) is 52.9 Å². The van der Waals surface area contributed by atoms with Crippen molar-refractivity contribution in [2.45, 2.75) is 605 Å². The molecule has 0 aromatic carbocycles. The van der Waals surface area contributed by atoms with Gasteiger partial charge in [0.15, 0.2) is 0 Å². The van der Waals surface area contributed by atoms with Crippen LogP contribution in [0.25, 0.3) is 0 Å². The first-order valence-corrected chi connectivity index (χ1v) is 61.5. The number of ether oxygens (including phenoxy) is 12. The van der Waals surface area contributed by atoms with Crippen molar-refractivity contribution in [2.75, 3.05) is 92.5 Å². The van der Waals surface area contributed by atoms with Crippen molar-refractivity contribution < 1.29 is 85.6 Å². The van der Waals surface area contributed by atoms with E-state index in [0.717, 1.165) is 244 Å². The van der Waals surface area contributed by atoms with E-state index in [0.29, 0.717) is 38.5 Å². The second kappa shape index (κ2) is 120. The van der Waals surface area contributed by atoms with E-state index in [4.69, 9.17) is 56.8 Å². The second-order valence-corrected chi connectivity index (χ2v) is 41.0. The lowest BCUT2D eigenvalue weighted by Crippen LogP contribution is -2.53. The number of hydrogen-bond donors (Lipinski definition) is 0. The number of hydrogen-bond acceptors (Lipinski definition) is 18. The molecule has 0 radical (unpaired) electrons. The Morgan fingerprint density at radius 3 is 0.444 bits per heavy atom. The highest BCUT2D eigenvalue weighted by Gasteiger charge is 2.39. The summed E-state index contributed by atoms with van der Waals surface area (Å²) in [4.78, 5) is 81.1. The second-order valence-electron chi connectivity index (χ2n) is 41.0. The lowest BCUT2D eigenvalue weighted by Gasteiger charge is -2.37. The van der Waals surface area contributed by atoms with Crippen molar-refractivity contribution >= 4 is 35.8 Å². The first-order valence-electron chi connectivity index (χ1n) is 61.5. The molecule has 0 aliphatic carbocycles. The predicted octanol–water partition coefficient (Wildman–Crippen LogP) is 36.0. The standard InChI is InChI=1S/C126H230O18/c1-7-13-19-25-31-37-43-49-55-61-67-73-79-85-91-97-119(127)137-105-103-133-115-117(135-107-109-139-121(129)99-93-87-81-75-69-63-57-51-45-39-33-27-21-15-9-3)125(143-113-111-141-123(131)101-95-89-83-77-71-65-59-53-47-41-35-29-23-17-11-5)126(144-114-112-142-124(132)102-96-90-84-78-72-66-60-54-48-42-36-30-24-18-12-6)118(136-108-110-140-122(130)100-94-88-82-76-70-64-58-52-46-40-34-28-22-16-10-4)116-134-104-106-138-120(128)98-92-86-80-74-68-62-56-50-44-38-32-26-20-14-8-2/h49-60,117-118,125-126H,7-48,61-116H2,1-6H3. The Morgan fingerprint density at radius 1 is 0.153 bits per heavy atom. The lowest BCUT2D eigenvalue weighted by atomic mass is 10.0. The third-order valence-electron chi connectivity index (χ3n) is 27.1. The van der Waals surface area contributed by atoms with E-state index < -0.39 is 24.4 Å². The van der Waals surface area contributed by atoms with Gasteiger partial charge in [-0.3, -0.25) is 28.8 Å². The van der Waals surface area contributed by atoms with E-state index in [2.05, 4.69) is 114 Å². The highest BCUT2D eigenvalue weighted by molar-refractivity contribution is 5.71. The molecule has 0 heterocycles. The van der Waals surface area contributed by atoms with E-state index >= 15 is 0 Å². The molecule has 0 spiro atoms. The van der Waals surface area contributed by atoms with Crippen molar-refractivity contribution in [3.63, 3.8) is 0 Å². The summed E-state index contributed by atoms with van der Waals surface area (Å²) in [6, 6.07) is 0. The molecule has 0 fully saturated rings. The topological polar surface area (TPSA) is 213 Å². The van der Waals surface area contributed by atoms with Crippen LogP contribution in [-0.4, -0.2) is 153 Å². The van der Waals surface area contributed by atoms with Crippen molar-refractivity contribution in [3.05, 3.63) is 72.9 Å². The van der Waals surface area contributed by atoms with Crippen LogP contribution >= 0.6 is 0 Å². The van der Waals surface area contributed by atoms with E-state index in [9.17, 15) is 28.8 Å². The molecular weight excluding hydrogens is 1800 g/mol. The van der Waals surface area contributed by atoms with Crippen molar-refractivity contribution in [1.29, 1.82) is 0 Å². The summed E-state index contributed by atoms with van der Waals surface area (Å²) in [6.07, 6.45) is 115. The first-order chi connectivity index (χ1) is 71.1. The highest BCUT2D eigenvalue weighted by atomic mass is 16.6. The molecule has 18 nitrogen and oxygen atoms in total. The van der Waals surface area contributed by atoms with Gasteiger partial charge in [-0.25, -0.2) is 0 Å². The molecule has 18 heteroatoms. The average Bonchev–Trinajstić information content (AvgIpc) is 0.838. The van der Waals surface area contributed by atoms with Gasteiger partial charge in [0.25, 0.3) is 0 Å². The quantitative estimate of drug-likeness (QED) is 0.0240. The zero-order valence-corrected chi connectivity index (χ0v) is 94.9. The van der Waals surface area contributed by atoms with Gasteiger partial charge in [-0.2, -0.15) is 0 Å². The molecule has 842 valence electrons. The van der Waals surface area contributed by atoms with Crippen molar-refractivity contribution in [1.82, 2.24) is 0 Å². The molecule has 0 aromatic rings. The molecule has 0 amide bonds. The number of rotatable bonds is 119. The molecule has 0 saturated carbocycles. The van der Waals surface area contributed by atoms with E-state index in [1.54, 1.807) is 0 Å². The van der Waals surface area contributed by atoms with Crippen LogP contribution in [0.15, 0.2) is 72.9 Å². The minimum Gasteiger partial charge on any atom is -0.463 e. The summed E-state index contributed by atoms with van der Waals surface area (Å²) in [5.41, 5.74) is 0. The zero-order chi connectivity index (χ0) is 104. The Kier molecular flexibility index (Phi) is 116. The number of esters is 6. The third-order valence-corrected chi connectivity index (χ3v) is 27.1. The summed E-state index contributed by atoms with van der Waals surface area (Å²) in [7, 11) is 0. The van der Waals surface area contributed by atoms with Gasteiger partial charge in [0, 0.05) is 38.5 Å². The molecule has 144 heavy (non-hydrogen) atoms. The minimum absolute atomic E-state index is 0.00314. The van der Waals surface area contributed by atoms with Gasteiger partial charge in [0.2, 0.25) is 0 Å². The lowest BCUT2D eigenvalue weighted by molar-refractivity contribution is -0.207. The number of unbranched alkanes of at least 4 members (excludes halogenated alkanes) is 66. The third kappa shape index (κ3) is 108. The Labute approximate surface area is 887 Å². The van der Waals surface area contributed by atoms with Crippen molar-refractivity contribution in [2.24, 2.45) is 0 Å². The van der Waals surface area contributed by atoms with Crippen LogP contribution < -0.4 is 0 Å². The smallest absolute Gasteiger partial charge is 0.305 e. The molecule has 4 atom stereocenters. The number of carbonyl (C=O) groups excluding carboxylic acids is 6. The normalized spacial score (nSPS) is 12.8. The first kappa shape index (κ1) is 139. The Bertz CT molecular complexity index is 2680. The van der Waals surface area contributed by atoms with E-state index in [-0.39, 0.29) is 154 Å². The fourth-order valence-electron chi connectivity index (χ4n) is 18.0. The van der Waals surface area contributed by atoms with Gasteiger partial charge < -0.3 is 56.8 Å². The SMILES string of the molecule is CCCCCCCCC=CCCCCCCCC(=O)OCCOCC(OCCOC(=O)CCCCCCCC=CCCCCCCCC)C(OCCOC(=O)CCCCCCCC=CCCCCCCCC)C(OCCOC(=O)CCCCCCCC=CCCCCCCCC)C(COCCOC(=O)CCCCCCCC=CCCCCCCCC)OCCOC(=O)CCCCCCCC=CCCCCCCCC. The van der Waals surface area contributed by atoms with Crippen LogP contribution in [0.4, 0.5) is 0 Å². The Hall–Kier alpha value is -4.98. The Balaban J connectivity index is 7.43. The van der Waals surface area contributed by atoms with E-state index in [1.165, 1.54) is 231 Å². The maximum Gasteiger partial charge on any atom is 0.305 e. The van der Waals surface area contributed by atoms with Gasteiger partial charge in [-0.15, -0.1) is 0 Å². The number of allylic oxidation sites excluding steroid dienone is 12. The summed E-state index contributed by atoms with van der Waals surface area (Å²) < 4.78 is 75.8. The van der Waals surface area contributed by atoms with Crippen LogP contribution in [-0.2, 0) is 85.6 Å². The highest BCUT2D eigenvalue weighted by Crippen LogP contribution is 2.25. The van der Waals surface area contributed by atoms with Gasteiger partial charge in [-0.05, 0) is 193 Å². The van der Waals surface area contributed by atoms with Gasteiger partial charge in [0.1, 0.15) is 64.1 Å². The Morgan fingerprint density at radius 2 is 0.285 bits per heavy atom. The maximum absolute atomic E-state index is 13.7. The van der Waals surface area contributed by atoms with Crippen LogP contribution in [0, 0.1) is 0 Å². The minimum atomic E-state index is -1.14. The summed E-state index contributed by atoms with van der Waals surface area (Å²) in [5, 5.41) is 0. The molecular formula is C126H230O18. The van der Waals surface area contributed by atoms with E-state index in [1.807, 2.05) is 0 Å². The molecule has 0 aliphatic rings. The van der Waals surface area contributed by atoms with Gasteiger partial charge >= 0.3 is 35.8 Å². The predicted molar refractivity (Wildman–Crippen MR) is 603 cm³/mol. The van der Waals surface area contributed by atoms with Crippen LogP contribution in [0.1, 0.15) is 581 Å². The molecule has 0 rings (SSSR count). The van der Waals surface area contributed by atoms with Crippen LogP contribution in [0.2, 0.25) is 0 Å². The molecule has 0 aliphatic heterocycles. The average molecular weight is 2030 g/mol. The van der Waals surface area contributed by atoms with Crippen molar-refractivity contribution in [3.8, 4) is 0 Å². The molecule has 0 saturated heterocycles. The van der Waals surface area contributed by atoms with Gasteiger partial charge in [-0.1, -0.05) is 423 Å². The summed E-state index contributed by atoms with van der Waals surface area (Å²) >= 11 is 0. The molecule has 0 bridgehead atoms. The molecule has 0 aromatic heterocycles. The molecule has 4 unspecified atom stereocenters. The summed E-state index contributed by atoms with van der Waals surface area (Å²) in [5.74, 6) is -1.95. The zero-order valence-electron chi connectivity index (χ0n) is 94.9. The largest absolute Gasteiger partial charge is 0.463 e. The van der Waals surface area contributed by atoms with Crippen LogP contribution in [0.3, 0.4) is 0 Å². The van der Waals surface area contributed by atoms with Crippen LogP contribution in [0.5, 0.6) is 0 Å². The fraction of sp³-hybridized carbons (Fsp3) is 0.857. The fourth-order valence-corrected chi connectivity index (χ4v) is 18.0. The maximum atomic E-state index is 13.7. The monoisotopic (exact) mass is 2030 g/mol. The number of carbonyl (C=O) groups is 6.